The van der Waals surface area contributed by atoms with E-state index in [1.807, 2.05) is 67.2 Å². The van der Waals surface area contributed by atoms with Gasteiger partial charge >= 0.3 is 0 Å². The zero-order valence-corrected chi connectivity index (χ0v) is 22.6. The highest BCUT2D eigenvalue weighted by atomic mass is 31.2. The second kappa shape index (κ2) is 10.2. The van der Waals surface area contributed by atoms with Crippen LogP contribution in [0.4, 0.5) is 17.2 Å². The number of benzene rings is 3. The number of nitrogens with zero attached hydrogens (tertiary/aromatic N) is 7. The largest absolute Gasteiger partial charge is 0.379 e. The zero-order chi connectivity index (χ0) is 27.0. The van der Waals surface area contributed by atoms with E-state index >= 15 is 0 Å². The molecule has 3 heterocycles. The summed E-state index contributed by atoms with van der Waals surface area (Å²) < 4.78 is 17.8. The summed E-state index contributed by atoms with van der Waals surface area (Å²) in [5.74, 6) is 1.55. The maximum atomic E-state index is 11.3. The molecule has 0 N–H and O–H groups in total. The summed E-state index contributed by atoms with van der Waals surface area (Å²) in [5.41, 5.74) is 3.44. The lowest BCUT2D eigenvalue weighted by Crippen LogP contribution is -2.45. The van der Waals surface area contributed by atoms with Crippen LogP contribution in [0.1, 0.15) is 11.3 Å². The minimum Gasteiger partial charge on any atom is -0.379 e. The van der Waals surface area contributed by atoms with Crippen LogP contribution in [0.5, 0.6) is 0 Å². The number of non-ortho nitro benzene ring substituents is 1. The maximum absolute atomic E-state index is 11.3. The Kier molecular flexibility index (Phi) is 6.60. The average molecular weight is 542 g/mol. The SMILES string of the molecule is Cc1nn(-c2ccccc2)c2c1[P@@](=Nc1ccc([N+](=O)[O-])cc1)(N1CCOCC1)N(C)C(c1ccccc1)=N2. The van der Waals surface area contributed by atoms with E-state index in [1.54, 1.807) is 12.1 Å². The van der Waals surface area contributed by atoms with Gasteiger partial charge in [-0.3, -0.25) is 10.1 Å². The van der Waals surface area contributed by atoms with Crippen LogP contribution >= 0.6 is 7.36 Å². The first kappa shape index (κ1) is 25.2. The number of nitro benzene ring substituents is 1. The van der Waals surface area contributed by atoms with Crippen molar-refractivity contribution in [3.05, 3.63) is 106 Å². The van der Waals surface area contributed by atoms with Crippen molar-refractivity contribution in [2.75, 3.05) is 33.4 Å². The molecule has 1 saturated heterocycles. The van der Waals surface area contributed by atoms with Crippen LogP contribution < -0.4 is 5.30 Å². The van der Waals surface area contributed by atoms with Crippen molar-refractivity contribution in [1.29, 1.82) is 0 Å². The number of amidine groups is 1. The molecule has 10 nitrogen and oxygen atoms in total. The second-order valence-corrected chi connectivity index (χ2v) is 12.3. The second-order valence-electron chi connectivity index (χ2n) is 9.34. The van der Waals surface area contributed by atoms with Gasteiger partial charge in [-0.15, -0.1) is 0 Å². The third-order valence-electron chi connectivity index (χ3n) is 6.97. The van der Waals surface area contributed by atoms with Crippen molar-refractivity contribution in [3.63, 3.8) is 0 Å². The van der Waals surface area contributed by atoms with Crippen molar-refractivity contribution >= 4 is 35.7 Å². The lowest BCUT2D eigenvalue weighted by Gasteiger charge is -2.46. The molecule has 0 bridgehead atoms. The van der Waals surface area contributed by atoms with E-state index in [0.29, 0.717) is 32.0 Å². The van der Waals surface area contributed by atoms with Gasteiger partial charge in [0.2, 0.25) is 0 Å². The lowest BCUT2D eigenvalue weighted by molar-refractivity contribution is -0.384. The molecule has 3 aromatic carbocycles. The molecule has 1 fully saturated rings. The number of rotatable bonds is 5. The van der Waals surface area contributed by atoms with Gasteiger partial charge in [-0.25, -0.2) is 19.1 Å². The minimum absolute atomic E-state index is 0.0324. The van der Waals surface area contributed by atoms with Crippen molar-refractivity contribution in [3.8, 4) is 5.69 Å². The predicted octanol–water partition coefficient (Wildman–Crippen LogP) is 5.43. The Morgan fingerprint density at radius 1 is 0.949 bits per heavy atom. The highest BCUT2D eigenvalue weighted by molar-refractivity contribution is 7.70. The third-order valence-corrected chi connectivity index (χ3v) is 10.8. The molecule has 0 saturated carbocycles. The number of fused-ring (bicyclic) bond motifs is 1. The number of hydrogen-bond donors (Lipinski definition) is 0. The Morgan fingerprint density at radius 2 is 1.59 bits per heavy atom. The molecule has 0 aliphatic carbocycles. The van der Waals surface area contributed by atoms with Gasteiger partial charge in [0.25, 0.3) is 5.69 Å². The van der Waals surface area contributed by atoms with E-state index in [1.165, 1.54) is 12.1 Å². The van der Waals surface area contributed by atoms with Crippen LogP contribution in [0.25, 0.3) is 5.69 Å². The molecule has 0 radical (unpaired) electrons. The highest BCUT2D eigenvalue weighted by Gasteiger charge is 2.45. The number of morpholine rings is 1. The average Bonchev–Trinajstić information content (AvgIpc) is 3.32. The molecule has 1 atom stereocenters. The first-order valence-corrected chi connectivity index (χ1v) is 14.4. The summed E-state index contributed by atoms with van der Waals surface area (Å²) in [7, 11) is -0.691. The van der Waals surface area contributed by atoms with Crippen LogP contribution in [-0.4, -0.2) is 63.2 Å². The van der Waals surface area contributed by atoms with Gasteiger partial charge in [-0.05, 0) is 31.2 Å². The topological polar surface area (TPSA) is 101 Å². The smallest absolute Gasteiger partial charge is 0.269 e. The zero-order valence-electron chi connectivity index (χ0n) is 21.7. The summed E-state index contributed by atoms with van der Waals surface area (Å²) in [6.07, 6.45) is 0. The quantitative estimate of drug-likeness (QED) is 0.190. The molecular weight excluding hydrogens is 513 g/mol. The summed E-state index contributed by atoms with van der Waals surface area (Å²) >= 11 is 0. The van der Waals surface area contributed by atoms with E-state index in [4.69, 9.17) is 19.6 Å². The van der Waals surface area contributed by atoms with E-state index in [0.717, 1.165) is 33.9 Å². The molecule has 198 valence electrons. The van der Waals surface area contributed by atoms with Crippen molar-refractivity contribution < 1.29 is 9.66 Å². The summed E-state index contributed by atoms with van der Waals surface area (Å²) in [5, 5.41) is 17.3. The standard InChI is InChI=1S/C28H28N7O3P/c1-21-26-28(34(30-21)24-11-7-4-8-12-24)29-27(22-9-5-3-6-10-22)32(2)39(26,33-17-19-38-20-18-33)31-23-13-15-25(16-14-23)35(36)37/h3-16H,17-20H2,1-2H3/t39-/m0/s1. The molecule has 1 aromatic heterocycles. The van der Waals surface area contributed by atoms with Gasteiger partial charge < -0.3 is 9.41 Å². The van der Waals surface area contributed by atoms with E-state index in [9.17, 15) is 10.1 Å². The molecular formula is C28H28N7O3P. The molecule has 0 amide bonds. The van der Waals surface area contributed by atoms with Crippen molar-refractivity contribution in [2.45, 2.75) is 6.92 Å². The van der Waals surface area contributed by atoms with E-state index in [-0.39, 0.29) is 5.69 Å². The van der Waals surface area contributed by atoms with Crippen LogP contribution in [-0.2, 0) is 4.74 Å². The number of aromatic nitrogens is 2. The molecule has 0 spiro atoms. The van der Waals surface area contributed by atoms with E-state index in [2.05, 4.69) is 21.5 Å². The summed E-state index contributed by atoms with van der Waals surface area (Å²) in [4.78, 5) is 16.2. The summed E-state index contributed by atoms with van der Waals surface area (Å²) in [6, 6.07) is 26.5. The molecule has 0 unspecified atom stereocenters. The molecule has 4 aromatic rings. The first-order valence-electron chi connectivity index (χ1n) is 12.7. The number of aliphatic imine (C=N–C) groups is 1. The third kappa shape index (κ3) is 4.36. The predicted molar refractivity (Wildman–Crippen MR) is 153 cm³/mol. The van der Waals surface area contributed by atoms with Gasteiger partial charge in [0.15, 0.2) is 13.2 Å². The fourth-order valence-electron chi connectivity index (χ4n) is 5.15. The van der Waals surface area contributed by atoms with Gasteiger partial charge in [-0.1, -0.05) is 48.5 Å². The molecule has 39 heavy (non-hydrogen) atoms. The molecule has 2 aliphatic heterocycles. The van der Waals surface area contributed by atoms with Gasteiger partial charge in [0, 0.05) is 37.8 Å². The number of para-hydroxylation sites is 1. The van der Waals surface area contributed by atoms with Crippen molar-refractivity contribution in [2.24, 2.45) is 9.74 Å². The number of aryl methyl sites for hydroxylation is 1. The minimum atomic E-state index is -2.74. The van der Waals surface area contributed by atoms with Gasteiger partial charge in [0.05, 0.1) is 40.5 Å². The molecule has 2 aliphatic rings. The fourth-order valence-corrected chi connectivity index (χ4v) is 8.96. The van der Waals surface area contributed by atoms with Gasteiger partial charge in [0.1, 0.15) is 5.84 Å². The number of nitro groups is 1. The van der Waals surface area contributed by atoms with Crippen LogP contribution in [0.15, 0.2) is 94.7 Å². The normalized spacial score (nSPS) is 19.3. The van der Waals surface area contributed by atoms with Crippen molar-refractivity contribution in [1.82, 2.24) is 19.1 Å². The van der Waals surface area contributed by atoms with Gasteiger partial charge in [-0.2, -0.15) is 5.10 Å². The Morgan fingerprint density at radius 3 is 2.23 bits per heavy atom. The Labute approximate surface area is 226 Å². The highest BCUT2D eigenvalue weighted by Crippen LogP contribution is 2.61. The Balaban J connectivity index is 1.68. The summed E-state index contributed by atoms with van der Waals surface area (Å²) in [6.45, 7) is 4.56. The number of ether oxygens (including phenoxy) is 1. The van der Waals surface area contributed by atoms with Crippen LogP contribution in [0.3, 0.4) is 0 Å². The number of hydrogen-bond acceptors (Lipinski definition) is 6. The van der Waals surface area contributed by atoms with Crippen LogP contribution in [0.2, 0.25) is 0 Å². The monoisotopic (exact) mass is 541 g/mol. The fraction of sp³-hybridized carbons (Fsp3) is 0.214. The Hall–Kier alpha value is -4.11. The Bertz CT molecular complexity index is 1600. The lowest BCUT2D eigenvalue weighted by atomic mass is 10.2. The van der Waals surface area contributed by atoms with E-state index < -0.39 is 12.3 Å². The van der Waals surface area contributed by atoms with Crippen LogP contribution in [0, 0.1) is 17.0 Å². The first-order chi connectivity index (χ1) is 19.0. The maximum Gasteiger partial charge on any atom is 0.269 e. The molecule has 11 heteroatoms. The molecule has 6 rings (SSSR count).